The van der Waals surface area contributed by atoms with E-state index in [2.05, 4.69) is 18.8 Å². The molecule has 2 N–H and O–H groups in total. The quantitative estimate of drug-likeness (QED) is 0.846. The first-order chi connectivity index (χ1) is 8.99. The molecule has 1 aromatic heterocycles. The van der Waals surface area contributed by atoms with E-state index < -0.39 is 0 Å². The number of halogens is 1. The molecule has 0 aliphatic heterocycles. The van der Waals surface area contributed by atoms with Gasteiger partial charge in [0.1, 0.15) is 5.82 Å². The highest BCUT2D eigenvalue weighted by atomic mass is 19.1. The Morgan fingerprint density at radius 1 is 1.37 bits per heavy atom. The standard InChI is InChI=1S/C15H20FN3/c1-15(2)8-4-3-5-13(15)19-12-9-10(16)6-7-11(12)18-14(19)17/h6-7,9,13H,3-5,8H2,1-2H3,(H2,17,18). The molecule has 1 atom stereocenters. The van der Waals surface area contributed by atoms with E-state index in [9.17, 15) is 4.39 Å². The van der Waals surface area contributed by atoms with Crippen LogP contribution in [0.1, 0.15) is 45.6 Å². The van der Waals surface area contributed by atoms with Crippen molar-refractivity contribution in [3.63, 3.8) is 0 Å². The van der Waals surface area contributed by atoms with Crippen LogP contribution in [0.4, 0.5) is 10.3 Å². The molecular formula is C15H20FN3. The molecule has 0 bridgehead atoms. The Hall–Kier alpha value is -1.58. The monoisotopic (exact) mass is 261 g/mol. The number of hydrogen-bond donors (Lipinski definition) is 1. The second kappa shape index (κ2) is 4.22. The Balaban J connectivity index is 2.18. The van der Waals surface area contributed by atoms with Crippen LogP contribution in [0.3, 0.4) is 0 Å². The number of nitrogen functional groups attached to an aromatic ring is 1. The minimum atomic E-state index is -0.234. The lowest BCUT2D eigenvalue weighted by Crippen LogP contribution is -2.31. The van der Waals surface area contributed by atoms with Gasteiger partial charge >= 0.3 is 0 Å². The predicted octanol–water partition coefficient (Wildman–Crippen LogP) is 3.90. The maximum Gasteiger partial charge on any atom is 0.201 e. The fourth-order valence-corrected chi connectivity index (χ4v) is 3.37. The molecule has 1 aromatic carbocycles. The third-order valence-electron chi connectivity index (χ3n) is 4.44. The Morgan fingerprint density at radius 3 is 2.89 bits per heavy atom. The molecule has 3 rings (SSSR count). The van der Waals surface area contributed by atoms with Crippen molar-refractivity contribution in [3.05, 3.63) is 24.0 Å². The van der Waals surface area contributed by atoms with E-state index in [1.54, 1.807) is 12.1 Å². The van der Waals surface area contributed by atoms with Crippen LogP contribution in [0.5, 0.6) is 0 Å². The first-order valence-corrected chi connectivity index (χ1v) is 6.92. The van der Waals surface area contributed by atoms with Crippen molar-refractivity contribution >= 4 is 17.0 Å². The van der Waals surface area contributed by atoms with Gasteiger partial charge in [0, 0.05) is 6.04 Å². The number of aromatic nitrogens is 2. The molecule has 0 radical (unpaired) electrons. The second-order valence-electron chi connectivity index (χ2n) is 6.22. The van der Waals surface area contributed by atoms with Crippen LogP contribution in [0.25, 0.3) is 11.0 Å². The van der Waals surface area contributed by atoms with Crippen LogP contribution in [0, 0.1) is 11.2 Å². The maximum absolute atomic E-state index is 13.5. The summed E-state index contributed by atoms with van der Waals surface area (Å²) in [5, 5.41) is 0. The van der Waals surface area contributed by atoms with Crippen molar-refractivity contribution in [2.75, 3.05) is 5.73 Å². The Bertz CT molecular complexity index is 615. The first kappa shape index (κ1) is 12.5. The molecule has 1 aliphatic carbocycles. The Morgan fingerprint density at radius 2 is 2.16 bits per heavy atom. The van der Waals surface area contributed by atoms with Gasteiger partial charge in [0.05, 0.1) is 11.0 Å². The maximum atomic E-state index is 13.5. The molecule has 1 aliphatic rings. The van der Waals surface area contributed by atoms with Crippen molar-refractivity contribution in [1.82, 2.24) is 9.55 Å². The molecule has 4 heteroatoms. The predicted molar refractivity (Wildman–Crippen MR) is 75.4 cm³/mol. The van der Waals surface area contributed by atoms with Gasteiger partial charge in [-0.2, -0.15) is 0 Å². The van der Waals surface area contributed by atoms with Gasteiger partial charge < -0.3 is 10.3 Å². The summed E-state index contributed by atoms with van der Waals surface area (Å²) in [6, 6.07) is 4.98. The number of fused-ring (bicyclic) bond motifs is 1. The lowest BCUT2D eigenvalue weighted by atomic mass is 9.73. The Kier molecular flexibility index (Phi) is 2.77. The van der Waals surface area contributed by atoms with Crippen molar-refractivity contribution in [1.29, 1.82) is 0 Å². The van der Waals surface area contributed by atoms with Gasteiger partial charge in [-0.25, -0.2) is 9.37 Å². The van der Waals surface area contributed by atoms with Crippen LogP contribution >= 0.6 is 0 Å². The van der Waals surface area contributed by atoms with E-state index in [0.29, 0.717) is 12.0 Å². The number of imidazole rings is 1. The molecular weight excluding hydrogens is 241 g/mol. The fraction of sp³-hybridized carbons (Fsp3) is 0.533. The van der Waals surface area contributed by atoms with E-state index in [4.69, 9.17) is 5.73 Å². The number of anilines is 1. The van der Waals surface area contributed by atoms with Crippen molar-refractivity contribution in [2.45, 2.75) is 45.6 Å². The lowest BCUT2D eigenvalue weighted by Gasteiger charge is -2.40. The van der Waals surface area contributed by atoms with E-state index in [0.717, 1.165) is 17.5 Å². The van der Waals surface area contributed by atoms with E-state index >= 15 is 0 Å². The van der Waals surface area contributed by atoms with Crippen molar-refractivity contribution in [2.24, 2.45) is 5.41 Å². The normalized spacial score (nSPS) is 22.8. The molecule has 1 heterocycles. The molecule has 2 aromatic rings. The average molecular weight is 261 g/mol. The number of hydrogen-bond acceptors (Lipinski definition) is 2. The largest absolute Gasteiger partial charge is 0.369 e. The summed E-state index contributed by atoms with van der Waals surface area (Å²) in [7, 11) is 0. The summed E-state index contributed by atoms with van der Waals surface area (Å²) in [5.74, 6) is 0.267. The molecule has 0 spiro atoms. The van der Waals surface area contributed by atoms with E-state index in [-0.39, 0.29) is 11.2 Å². The number of benzene rings is 1. The SMILES string of the molecule is CC1(C)CCCCC1n1c(N)nc2ccc(F)cc21. The average Bonchev–Trinajstić information content (AvgIpc) is 2.65. The van der Waals surface area contributed by atoms with Gasteiger partial charge in [0.25, 0.3) is 0 Å². The highest BCUT2D eigenvalue weighted by Crippen LogP contribution is 2.45. The van der Waals surface area contributed by atoms with Gasteiger partial charge in [-0.3, -0.25) is 0 Å². The highest BCUT2D eigenvalue weighted by molar-refractivity contribution is 5.78. The third-order valence-corrected chi connectivity index (χ3v) is 4.44. The summed E-state index contributed by atoms with van der Waals surface area (Å²) in [4.78, 5) is 4.37. The van der Waals surface area contributed by atoms with Gasteiger partial charge in [-0.1, -0.05) is 26.7 Å². The molecule has 1 saturated carbocycles. The van der Waals surface area contributed by atoms with Gasteiger partial charge in [-0.15, -0.1) is 0 Å². The minimum absolute atomic E-state index is 0.173. The lowest BCUT2D eigenvalue weighted by molar-refractivity contribution is 0.149. The highest BCUT2D eigenvalue weighted by Gasteiger charge is 2.35. The molecule has 19 heavy (non-hydrogen) atoms. The zero-order chi connectivity index (χ0) is 13.6. The summed E-state index contributed by atoms with van der Waals surface area (Å²) < 4.78 is 15.5. The smallest absolute Gasteiger partial charge is 0.201 e. The van der Waals surface area contributed by atoms with E-state index in [1.165, 1.54) is 25.3 Å². The molecule has 102 valence electrons. The molecule has 1 fully saturated rings. The second-order valence-corrected chi connectivity index (χ2v) is 6.22. The van der Waals surface area contributed by atoms with Gasteiger partial charge in [-0.05, 0) is 36.5 Å². The van der Waals surface area contributed by atoms with E-state index in [1.807, 2.05) is 4.57 Å². The van der Waals surface area contributed by atoms with Crippen LogP contribution < -0.4 is 5.73 Å². The zero-order valence-corrected chi connectivity index (χ0v) is 11.5. The molecule has 0 amide bonds. The van der Waals surface area contributed by atoms with Crippen LogP contribution in [0.15, 0.2) is 18.2 Å². The summed E-state index contributed by atoms with van der Waals surface area (Å²) in [5.41, 5.74) is 7.85. The third kappa shape index (κ3) is 1.99. The van der Waals surface area contributed by atoms with Crippen LogP contribution in [0.2, 0.25) is 0 Å². The van der Waals surface area contributed by atoms with Gasteiger partial charge in [0.15, 0.2) is 0 Å². The van der Waals surface area contributed by atoms with Crippen LogP contribution in [-0.2, 0) is 0 Å². The summed E-state index contributed by atoms with van der Waals surface area (Å²) >= 11 is 0. The van der Waals surface area contributed by atoms with Gasteiger partial charge in [0.2, 0.25) is 5.95 Å². The number of nitrogens with zero attached hydrogens (tertiary/aromatic N) is 2. The summed E-state index contributed by atoms with van der Waals surface area (Å²) in [6.45, 7) is 4.53. The topological polar surface area (TPSA) is 43.8 Å². The molecule has 3 nitrogen and oxygen atoms in total. The minimum Gasteiger partial charge on any atom is -0.369 e. The van der Waals surface area contributed by atoms with Crippen LogP contribution in [-0.4, -0.2) is 9.55 Å². The molecule has 1 unspecified atom stereocenters. The first-order valence-electron chi connectivity index (χ1n) is 6.92. The van der Waals surface area contributed by atoms with Crippen molar-refractivity contribution < 1.29 is 4.39 Å². The molecule has 0 saturated heterocycles. The Labute approximate surface area is 112 Å². The fourth-order valence-electron chi connectivity index (χ4n) is 3.37. The summed E-state index contributed by atoms with van der Waals surface area (Å²) in [6.07, 6.45) is 4.71. The van der Waals surface area contributed by atoms with Crippen molar-refractivity contribution in [3.8, 4) is 0 Å². The number of nitrogens with two attached hydrogens (primary N) is 1. The zero-order valence-electron chi connectivity index (χ0n) is 11.5. The number of rotatable bonds is 1.